The van der Waals surface area contributed by atoms with Crippen molar-refractivity contribution >= 4 is 11.0 Å². The predicted molar refractivity (Wildman–Crippen MR) is 84.2 cm³/mol. The van der Waals surface area contributed by atoms with Crippen molar-refractivity contribution in [2.75, 3.05) is 6.54 Å². The molecule has 1 aromatic heterocycles. The molecule has 2 nitrogen and oxygen atoms in total. The van der Waals surface area contributed by atoms with Gasteiger partial charge < -0.3 is 9.73 Å². The zero-order chi connectivity index (χ0) is 14.1. The summed E-state index contributed by atoms with van der Waals surface area (Å²) in [7, 11) is 0. The summed E-state index contributed by atoms with van der Waals surface area (Å²) >= 11 is 0. The summed E-state index contributed by atoms with van der Waals surface area (Å²) in [4.78, 5) is 0. The van der Waals surface area contributed by atoms with Gasteiger partial charge in [-0.3, -0.25) is 0 Å². The lowest BCUT2D eigenvalue weighted by Gasteiger charge is -2.06. The van der Waals surface area contributed by atoms with Crippen molar-refractivity contribution in [2.24, 2.45) is 5.92 Å². The maximum atomic E-state index is 6.13. The lowest BCUT2D eigenvalue weighted by Crippen LogP contribution is -2.19. The highest BCUT2D eigenvalue weighted by atomic mass is 16.3. The van der Waals surface area contributed by atoms with Crippen molar-refractivity contribution in [2.45, 2.75) is 53.0 Å². The van der Waals surface area contributed by atoms with Gasteiger partial charge in [0.25, 0.3) is 0 Å². The second-order valence-corrected chi connectivity index (χ2v) is 6.35. The van der Waals surface area contributed by atoms with Crippen LogP contribution in [-0.4, -0.2) is 6.54 Å². The first-order chi connectivity index (χ1) is 9.69. The first kappa shape index (κ1) is 13.7. The fourth-order valence-electron chi connectivity index (χ4n) is 3.27. The van der Waals surface area contributed by atoms with E-state index in [0.29, 0.717) is 5.92 Å². The number of rotatable bonds is 5. The molecule has 0 atom stereocenters. The molecule has 0 radical (unpaired) electrons. The summed E-state index contributed by atoms with van der Waals surface area (Å²) in [6, 6.07) is 4.66. The number of hydrogen-bond donors (Lipinski definition) is 1. The van der Waals surface area contributed by atoms with E-state index in [-0.39, 0.29) is 0 Å². The second-order valence-electron chi connectivity index (χ2n) is 6.35. The van der Waals surface area contributed by atoms with Gasteiger partial charge in [0, 0.05) is 10.9 Å². The van der Waals surface area contributed by atoms with Crippen LogP contribution in [0.25, 0.3) is 11.0 Å². The molecular weight excluding hydrogens is 246 g/mol. The number of nitrogens with one attached hydrogen (secondary N) is 1. The fourth-order valence-corrected chi connectivity index (χ4v) is 3.27. The second kappa shape index (κ2) is 5.61. The highest BCUT2D eigenvalue weighted by Crippen LogP contribution is 2.32. The Labute approximate surface area is 121 Å². The zero-order valence-electron chi connectivity index (χ0n) is 12.9. The maximum Gasteiger partial charge on any atom is 0.134 e. The van der Waals surface area contributed by atoms with E-state index in [4.69, 9.17) is 4.42 Å². The van der Waals surface area contributed by atoms with Gasteiger partial charge in [-0.25, -0.2) is 0 Å². The Morgan fingerprint density at radius 1 is 1.20 bits per heavy atom. The summed E-state index contributed by atoms with van der Waals surface area (Å²) in [6.45, 7) is 8.58. The molecule has 1 aromatic carbocycles. The van der Waals surface area contributed by atoms with E-state index < -0.39 is 0 Å². The van der Waals surface area contributed by atoms with Gasteiger partial charge in [0.2, 0.25) is 0 Å². The molecule has 0 aliphatic heterocycles. The fraction of sp³-hybridized carbons (Fsp3) is 0.556. The molecule has 0 fully saturated rings. The van der Waals surface area contributed by atoms with Crippen LogP contribution < -0.4 is 5.32 Å². The quantitative estimate of drug-likeness (QED) is 0.880. The van der Waals surface area contributed by atoms with Gasteiger partial charge in [0.1, 0.15) is 11.3 Å². The molecule has 0 unspecified atom stereocenters. The number of hydrogen-bond acceptors (Lipinski definition) is 2. The van der Waals surface area contributed by atoms with Gasteiger partial charge >= 0.3 is 0 Å². The molecule has 0 spiro atoms. The predicted octanol–water partition coefficient (Wildman–Crippen LogP) is 4.23. The Morgan fingerprint density at radius 3 is 2.65 bits per heavy atom. The van der Waals surface area contributed by atoms with Crippen LogP contribution in [-0.2, 0) is 25.8 Å². The molecule has 1 aliphatic carbocycles. The summed E-state index contributed by atoms with van der Waals surface area (Å²) in [5.74, 6) is 1.81. The summed E-state index contributed by atoms with van der Waals surface area (Å²) in [5, 5.41) is 4.84. The molecule has 108 valence electrons. The molecule has 2 heteroatoms. The molecule has 2 aromatic rings. The minimum atomic E-state index is 0.674. The van der Waals surface area contributed by atoms with Crippen molar-refractivity contribution < 1.29 is 4.42 Å². The van der Waals surface area contributed by atoms with Gasteiger partial charge in [-0.2, -0.15) is 0 Å². The van der Waals surface area contributed by atoms with Gasteiger partial charge in [-0.1, -0.05) is 20.8 Å². The van der Waals surface area contributed by atoms with E-state index in [1.807, 2.05) is 0 Å². The molecule has 1 N–H and O–H groups in total. The lowest BCUT2D eigenvalue weighted by molar-refractivity contribution is 0.481. The van der Waals surface area contributed by atoms with Gasteiger partial charge in [0.15, 0.2) is 0 Å². The summed E-state index contributed by atoms with van der Waals surface area (Å²) in [6.07, 6.45) is 4.80. The Morgan fingerprint density at radius 2 is 1.95 bits per heavy atom. The van der Waals surface area contributed by atoms with Gasteiger partial charge in [-0.15, -0.1) is 0 Å². The van der Waals surface area contributed by atoms with Crippen molar-refractivity contribution in [1.29, 1.82) is 0 Å². The van der Waals surface area contributed by atoms with Crippen LogP contribution >= 0.6 is 0 Å². The number of aryl methyl sites for hydroxylation is 3. The number of fused-ring (bicyclic) bond motifs is 2. The van der Waals surface area contributed by atoms with Crippen molar-refractivity contribution in [3.63, 3.8) is 0 Å². The molecule has 0 amide bonds. The Hall–Kier alpha value is -1.28. The smallest absolute Gasteiger partial charge is 0.134 e. The topological polar surface area (TPSA) is 25.2 Å². The third-order valence-electron chi connectivity index (χ3n) is 4.28. The normalized spacial score (nSPS) is 14.4. The molecular formula is C18H25NO. The largest absolute Gasteiger partial charge is 0.459 e. The van der Waals surface area contributed by atoms with Crippen molar-refractivity contribution in [1.82, 2.24) is 5.32 Å². The first-order valence-corrected chi connectivity index (χ1v) is 7.95. The Kier molecular flexibility index (Phi) is 3.84. The lowest BCUT2D eigenvalue weighted by atomic mass is 10.0. The minimum absolute atomic E-state index is 0.674. The summed E-state index contributed by atoms with van der Waals surface area (Å²) in [5.41, 5.74) is 5.51. The maximum absolute atomic E-state index is 6.13. The highest BCUT2D eigenvalue weighted by Gasteiger charge is 2.18. The average molecular weight is 271 g/mol. The monoisotopic (exact) mass is 271 g/mol. The number of furan rings is 1. The van der Waals surface area contributed by atoms with Gasteiger partial charge in [-0.05, 0) is 61.4 Å². The van der Waals surface area contributed by atoms with E-state index in [1.165, 1.54) is 41.3 Å². The molecule has 0 saturated carbocycles. The van der Waals surface area contributed by atoms with E-state index in [1.54, 1.807) is 0 Å². The average Bonchev–Trinajstić information content (AvgIpc) is 2.98. The third kappa shape index (κ3) is 2.49. The first-order valence-electron chi connectivity index (χ1n) is 7.95. The van der Waals surface area contributed by atoms with E-state index in [2.05, 4.69) is 38.2 Å². The van der Waals surface area contributed by atoms with Crippen LogP contribution in [0.2, 0.25) is 0 Å². The molecule has 0 saturated heterocycles. The molecule has 0 bridgehead atoms. The van der Waals surface area contributed by atoms with Crippen LogP contribution in [0.3, 0.4) is 0 Å². The van der Waals surface area contributed by atoms with E-state index in [9.17, 15) is 0 Å². The van der Waals surface area contributed by atoms with Crippen LogP contribution in [0.5, 0.6) is 0 Å². The zero-order valence-corrected chi connectivity index (χ0v) is 12.9. The van der Waals surface area contributed by atoms with Crippen LogP contribution in [0.4, 0.5) is 0 Å². The highest BCUT2D eigenvalue weighted by molar-refractivity contribution is 5.84. The molecule has 1 aliphatic rings. The Bertz CT molecular complexity index is 609. The van der Waals surface area contributed by atoms with Crippen LogP contribution in [0, 0.1) is 5.92 Å². The summed E-state index contributed by atoms with van der Waals surface area (Å²) < 4.78 is 6.13. The van der Waals surface area contributed by atoms with Gasteiger partial charge in [0.05, 0.1) is 6.54 Å². The van der Waals surface area contributed by atoms with E-state index in [0.717, 1.165) is 30.9 Å². The number of benzene rings is 1. The molecule has 3 rings (SSSR count). The molecule has 20 heavy (non-hydrogen) atoms. The van der Waals surface area contributed by atoms with E-state index >= 15 is 0 Å². The third-order valence-corrected chi connectivity index (χ3v) is 4.28. The van der Waals surface area contributed by atoms with Crippen LogP contribution in [0.15, 0.2) is 16.5 Å². The minimum Gasteiger partial charge on any atom is -0.459 e. The van der Waals surface area contributed by atoms with Crippen molar-refractivity contribution in [3.05, 3.63) is 34.6 Å². The van der Waals surface area contributed by atoms with Crippen molar-refractivity contribution in [3.8, 4) is 0 Å². The standard InChI is InChI=1S/C18H25NO/c1-4-15-16-8-13-6-5-7-14(13)9-17(16)20-18(15)11-19-10-12(2)3/h8-9,12,19H,4-7,10-11H2,1-3H3. The molecule has 1 heterocycles. The van der Waals surface area contributed by atoms with Crippen LogP contribution in [0.1, 0.15) is 49.6 Å². The SMILES string of the molecule is CCc1c(CNCC(C)C)oc2cc3c(cc12)CCC3. The Balaban J connectivity index is 1.92.